The Kier molecular flexibility index (Phi) is 5.22. The third kappa shape index (κ3) is 4.21. The molecular formula is C14H18BrNO3. The van der Waals surface area contributed by atoms with Gasteiger partial charge in [-0.15, -0.1) is 0 Å². The van der Waals surface area contributed by atoms with Crippen molar-refractivity contribution < 1.29 is 14.6 Å². The molecule has 0 unspecified atom stereocenters. The van der Waals surface area contributed by atoms with E-state index in [0.29, 0.717) is 16.8 Å². The van der Waals surface area contributed by atoms with Crippen molar-refractivity contribution in [2.45, 2.75) is 19.3 Å². The van der Waals surface area contributed by atoms with Crippen LogP contribution in [0.15, 0.2) is 22.7 Å². The molecule has 1 N–H and O–H groups in total. The summed E-state index contributed by atoms with van der Waals surface area (Å²) < 4.78 is 6.20. The van der Waals surface area contributed by atoms with Gasteiger partial charge in [0, 0.05) is 11.0 Å². The van der Waals surface area contributed by atoms with E-state index in [-0.39, 0.29) is 5.56 Å². The van der Waals surface area contributed by atoms with Crippen LogP contribution in [0.1, 0.15) is 29.6 Å². The van der Waals surface area contributed by atoms with Crippen molar-refractivity contribution in [2.24, 2.45) is 0 Å². The molecule has 0 saturated carbocycles. The van der Waals surface area contributed by atoms with E-state index in [0.717, 1.165) is 19.6 Å². The zero-order valence-electron chi connectivity index (χ0n) is 10.8. The highest BCUT2D eigenvalue weighted by Gasteiger charge is 2.11. The summed E-state index contributed by atoms with van der Waals surface area (Å²) in [4.78, 5) is 13.4. The van der Waals surface area contributed by atoms with Crippen molar-refractivity contribution >= 4 is 21.9 Å². The van der Waals surface area contributed by atoms with Gasteiger partial charge in [0.25, 0.3) is 0 Å². The molecule has 0 radical (unpaired) electrons. The Hall–Kier alpha value is -1.07. The maximum Gasteiger partial charge on any atom is 0.336 e. The number of ether oxygens (including phenoxy) is 1. The fraction of sp³-hybridized carbons (Fsp3) is 0.500. The standard InChI is InChI=1S/C14H18BrNO3/c15-13-5-4-11(10-12(13)14(17)18)19-9-8-16-6-2-1-3-7-16/h4-5,10H,1-3,6-9H2,(H,17,18). The smallest absolute Gasteiger partial charge is 0.336 e. The second-order valence-corrected chi connectivity index (χ2v) is 5.55. The lowest BCUT2D eigenvalue weighted by Gasteiger charge is -2.26. The molecule has 104 valence electrons. The van der Waals surface area contributed by atoms with Gasteiger partial charge in [-0.05, 0) is 60.1 Å². The van der Waals surface area contributed by atoms with Gasteiger partial charge in [-0.3, -0.25) is 4.90 Å². The lowest BCUT2D eigenvalue weighted by Crippen LogP contribution is -2.33. The average Bonchev–Trinajstić information content (AvgIpc) is 2.41. The summed E-state index contributed by atoms with van der Waals surface area (Å²) in [6.45, 7) is 3.79. The van der Waals surface area contributed by atoms with Crippen LogP contribution >= 0.6 is 15.9 Å². The van der Waals surface area contributed by atoms with Crippen molar-refractivity contribution in [3.05, 3.63) is 28.2 Å². The molecule has 0 spiro atoms. The minimum atomic E-state index is -0.951. The molecule has 5 heteroatoms. The lowest BCUT2D eigenvalue weighted by atomic mass is 10.1. The Morgan fingerprint density at radius 3 is 2.74 bits per heavy atom. The summed E-state index contributed by atoms with van der Waals surface area (Å²) >= 11 is 3.22. The Labute approximate surface area is 121 Å². The maximum absolute atomic E-state index is 11.0. The van der Waals surface area contributed by atoms with E-state index in [2.05, 4.69) is 20.8 Å². The van der Waals surface area contributed by atoms with E-state index in [4.69, 9.17) is 9.84 Å². The number of halogens is 1. The molecule has 0 bridgehead atoms. The van der Waals surface area contributed by atoms with Crippen LogP contribution in [0, 0.1) is 0 Å². The van der Waals surface area contributed by atoms with Gasteiger partial charge in [-0.25, -0.2) is 4.79 Å². The van der Waals surface area contributed by atoms with Crippen molar-refractivity contribution in [2.75, 3.05) is 26.2 Å². The highest BCUT2D eigenvalue weighted by atomic mass is 79.9. The van der Waals surface area contributed by atoms with E-state index >= 15 is 0 Å². The first-order valence-electron chi connectivity index (χ1n) is 6.55. The van der Waals surface area contributed by atoms with Gasteiger partial charge in [-0.1, -0.05) is 6.42 Å². The molecule has 1 aromatic rings. The number of rotatable bonds is 5. The molecule has 0 amide bonds. The molecule has 1 aromatic carbocycles. The number of carbonyl (C=O) groups is 1. The molecule has 1 saturated heterocycles. The van der Waals surface area contributed by atoms with Gasteiger partial charge in [0.15, 0.2) is 0 Å². The van der Waals surface area contributed by atoms with Crippen LogP contribution in [0.4, 0.5) is 0 Å². The zero-order chi connectivity index (χ0) is 13.7. The number of carboxylic acid groups (broad SMARTS) is 1. The number of aromatic carboxylic acids is 1. The Morgan fingerprint density at radius 2 is 2.05 bits per heavy atom. The number of carboxylic acids is 1. The predicted molar refractivity (Wildman–Crippen MR) is 76.9 cm³/mol. The van der Waals surface area contributed by atoms with Crippen molar-refractivity contribution in [3.63, 3.8) is 0 Å². The third-order valence-electron chi connectivity index (χ3n) is 3.29. The van der Waals surface area contributed by atoms with E-state index in [1.807, 2.05) is 0 Å². The topological polar surface area (TPSA) is 49.8 Å². The molecule has 1 aliphatic rings. The summed E-state index contributed by atoms with van der Waals surface area (Å²) in [5.41, 5.74) is 0.232. The number of piperidine rings is 1. The van der Waals surface area contributed by atoms with Crippen molar-refractivity contribution in [1.29, 1.82) is 0 Å². The molecule has 1 fully saturated rings. The summed E-state index contributed by atoms with van der Waals surface area (Å²) in [6.07, 6.45) is 3.86. The monoisotopic (exact) mass is 327 g/mol. The average molecular weight is 328 g/mol. The predicted octanol–water partition coefficient (Wildman–Crippen LogP) is 3.01. The highest BCUT2D eigenvalue weighted by molar-refractivity contribution is 9.10. The van der Waals surface area contributed by atoms with E-state index in [9.17, 15) is 4.79 Å². The Morgan fingerprint density at radius 1 is 1.32 bits per heavy atom. The van der Waals surface area contributed by atoms with Crippen LogP contribution in [0.2, 0.25) is 0 Å². The number of likely N-dealkylation sites (tertiary alicyclic amines) is 1. The van der Waals surface area contributed by atoms with Gasteiger partial charge in [0.05, 0.1) is 5.56 Å². The van der Waals surface area contributed by atoms with E-state index in [1.54, 1.807) is 18.2 Å². The minimum Gasteiger partial charge on any atom is -0.492 e. The second-order valence-electron chi connectivity index (χ2n) is 4.70. The van der Waals surface area contributed by atoms with E-state index in [1.165, 1.54) is 19.3 Å². The molecule has 1 heterocycles. The highest BCUT2D eigenvalue weighted by Crippen LogP contribution is 2.22. The van der Waals surface area contributed by atoms with Crippen LogP contribution in [-0.4, -0.2) is 42.2 Å². The van der Waals surface area contributed by atoms with Crippen molar-refractivity contribution in [1.82, 2.24) is 4.90 Å². The van der Waals surface area contributed by atoms with Crippen LogP contribution in [0.5, 0.6) is 5.75 Å². The van der Waals surface area contributed by atoms with Gasteiger partial charge in [0.2, 0.25) is 0 Å². The molecule has 0 atom stereocenters. The molecule has 4 nitrogen and oxygen atoms in total. The third-order valence-corrected chi connectivity index (χ3v) is 3.98. The fourth-order valence-corrected chi connectivity index (χ4v) is 2.65. The normalized spacial score (nSPS) is 16.3. The summed E-state index contributed by atoms with van der Waals surface area (Å²) in [5, 5.41) is 9.03. The summed E-state index contributed by atoms with van der Waals surface area (Å²) in [6, 6.07) is 5.05. The van der Waals surface area contributed by atoms with Gasteiger partial charge in [0.1, 0.15) is 12.4 Å². The first-order chi connectivity index (χ1) is 9.16. The molecule has 19 heavy (non-hydrogen) atoms. The minimum absolute atomic E-state index is 0.232. The van der Waals surface area contributed by atoms with Gasteiger partial charge in [-0.2, -0.15) is 0 Å². The quantitative estimate of drug-likeness (QED) is 0.903. The number of benzene rings is 1. The van der Waals surface area contributed by atoms with Gasteiger partial charge < -0.3 is 9.84 Å². The van der Waals surface area contributed by atoms with E-state index < -0.39 is 5.97 Å². The summed E-state index contributed by atoms with van der Waals surface area (Å²) in [5.74, 6) is -0.342. The lowest BCUT2D eigenvalue weighted by molar-refractivity contribution is 0.0695. The number of hydrogen-bond donors (Lipinski definition) is 1. The molecule has 1 aliphatic heterocycles. The SMILES string of the molecule is O=C(O)c1cc(OCCN2CCCCC2)ccc1Br. The largest absolute Gasteiger partial charge is 0.492 e. The summed E-state index contributed by atoms with van der Waals surface area (Å²) in [7, 11) is 0. The molecular weight excluding hydrogens is 310 g/mol. The van der Waals surface area contributed by atoms with Crippen LogP contribution < -0.4 is 4.74 Å². The Bertz CT molecular complexity index is 444. The second kappa shape index (κ2) is 6.91. The number of nitrogens with zero attached hydrogens (tertiary/aromatic N) is 1. The molecule has 0 aliphatic carbocycles. The van der Waals surface area contributed by atoms with Crippen LogP contribution in [-0.2, 0) is 0 Å². The van der Waals surface area contributed by atoms with Gasteiger partial charge >= 0.3 is 5.97 Å². The fourth-order valence-electron chi connectivity index (χ4n) is 2.23. The van der Waals surface area contributed by atoms with Crippen LogP contribution in [0.3, 0.4) is 0 Å². The molecule has 2 rings (SSSR count). The molecule has 0 aromatic heterocycles. The first-order valence-corrected chi connectivity index (χ1v) is 7.34. The first kappa shape index (κ1) is 14.3. The Balaban J connectivity index is 1.85. The van der Waals surface area contributed by atoms with Crippen molar-refractivity contribution in [3.8, 4) is 5.75 Å². The number of hydrogen-bond acceptors (Lipinski definition) is 3. The zero-order valence-corrected chi connectivity index (χ0v) is 12.4. The van der Waals surface area contributed by atoms with Crippen LogP contribution in [0.25, 0.3) is 0 Å². The maximum atomic E-state index is 11.0.